The van der Waals surface area contributed by atoms with Crippen molar-refractivity contribution in [3.05, 3.63) is 0 Å². The second-order valence-electron chi connectivity index (χ2n) is 9.28. The van der Waals surface area contributed by atoms with E-state index in [4.69, 9.17) is 9.29 Å². The average molecular weight is 486 g/mol. The van der Waals surface area contributed by atoms with Crippen LogP contribution in [0.1, 0.15) is 51.4 Å². The third-order valence-electron chi connectivity index (χ3n) is 6.62. The van der Waals surface area contributed by atoms with Crippen molar-refractivity contribution in [3.8, 4) is 0 Å². The molecule has 0 saturated heterocycles. The quantitative estimate of drug-likeness (QED) is 0.252. The Morgan fingerprint density at radius 2 is 1.45 bits per heavy atom. The first-order valence-corrected chi connectivity index (χ1v) is 11.5. The molecule has 0 radical (unpaired) electrons. The van der Waals surface area contributed by atoms with Crippen molar-refractivity contribution in [2.75, 3.05) is 13.2 Å². The first-order chi connectivity index (χ1) is 14.1. The predicted molar refractivity (Wildman–Crippen MR) is 93.0 cm³/mol. The maximum atomic E-state index is 13.7. The van der Waals surface area contributed by atoms with Crippen molar-refractivity contribution in [2.45, 2.75) is 75.0 Å². The molecule has 0 aliphatic heterocycles. The van der Waals surface area contributed by atoms with Gasteiger partial charge in [0.25, 0.3) is 6.36 Å². The largest absolute Gasteiger partial charge is 0.460 e. The van der Waals surface area contributed by atoms with Crippen molar-refractivity contribution >= 4 is 10.1 Å². The summed E-state index contributed by atoms with van der Waals surface area (Å²) in [5, 5.41) is -6.30. The number of alkyl halides is 7. The monoisotopic (exact) mass is 486 g/mol. The van der Waals surface area contributed by atoms with Gasteiger partial charge in [-0.3, -0.25) is 9.29 Å². The van der Waals surface area contributed by atoms with E-state index in [1.54, 1.807) is 0 Å². The van der Waals surface area contributed by atoms with Crippen LogP contribution in [0.25, 0.3) is 0 Å². The molecule has 1 unspecified atom stereocenters. The lowest BCUT2D eigenvalue weighted by molar-refractivity contribution is -0.378. The van der Waals surface area contributed by atoms with Crippen LogP contribution in [-0.2, 0) is 19.6 Å². The Kier molecular flexibility index (Phi) is 6.67. The van der Waals surface area contributed by atoms with E-state index in [0.29, 0.717) is 24.4 Å². The fourth-order valence-corrected chi connectivity index (χ4v) is 6.06. The Balaban J connectivity index is 1.44. The summed E-state index contributed by atoms with van der Waals surface area (Å²) >= 11 is 0. The van der Waals surface area contributed by atoms with Gasteiger partial charge in [0.05, 0.1) is 6.61 Å². The second-order valence-corrected chi connectivity index (χ2v) is 10.7. The van der Waals surface area contributed by atoms with Crippen LogP contribution in [0.4, 0.5) is 30.7 Å². The van der Waals surface area contributed by atoms with Gasteiger partial charge in [0.15, 0.2) is 0 Å². The summed E-state index contributed by atoms with van der Waals surface area (Å²) < 4.78 is 130. The van der Waals surface area contributed by atoms with Gasteiger partial charge in [0.2, 0.25) is 0 Å². The van der Waals surface area contributed by atoms with Gasteiger partial charge in [0, 0.05) is 13.0 Å². The van der Waals surface area contributed by atoms with Crippen molar-refractivity contribution in [2.24, 2.45) is 23.2 Å². The van der Waals surface area contributed by atoms with Crippen LogP contribution in [0.5, 0.6) is 0 Å². The van der Waals surface area contributed by atoms with Gasteiger partial charge >= 0.3 is 27.4 Å². The topological polar surface area (TPSA) is 72.8 Å². The van der Waals surface area contributed by atoms with Crippen LogP contribution in [0.3, 0.4) is 0 Å². The molecule has 4 saturated carbocycles. The highest BCUT2D eigenvalue weighted by molar-refractivity contribution is 7.86. The summed E-state index contributed by atoms with van der Waals surface area (Å²) in [5.41, 5.74) is 0.0203. The van der Waals surface area contributed by atoms with E-state index in [2.05, 4.69) is 4.74 Å². The first kappa shape index (κ1) is 25.0. The molecule has 0 spiro atoms. The Labute approximate surface area is 175 Å². The summed E-state index contributed by atoms with van der Waals surface area (Å²) in [7, 11) is -6.73. The molecule has 0 amide bonds. The zero-order valence-corrected chi connectivity index (χ0v) is 17.3. The third kappa shape index (κ3) is 5.14. The number of ether oxygens (including phenoxy) is 2. The maximum Gasteiger partial charge on any atom is 0.460 e. The van der Waals surface area contributed by atoms with Gasteiger partial charge in [-0.1, -0.05) is 0 Å². The molecule has 5 nitrogen and oxygen atoms in total. The minimum absolute atomic E-state index is 0.0203. The fraction of sp³-hybridized carbons (Fsp3) is 1.00. The minimum atomic E-state index is -6.73. The Bertz CT molecular complexity index is 723. The summed E-state index contributed by atoms with van der Waals surface area (Å²) in [6, 6.07) is 0. The van der Waals surface area contributed by atoms with Crippen LogP contribution in [0, 0.1) is 23.2 Å². The standard InChI is InChI=1S/C18H25F7O5S/c19-14(30-17(22,23)18(24,25)31(26,27)28)16(20,21)2-1-3-29-10-15-7-11-4-12(8-15)6-13(5-11)9-15/h11-14H,1-10H2,(H,26,27,28). The first-order valence-electron chi connectivity index (χ1n) is 10.1. The van der Waals surface area contributed by atoms with Crippen LogP contribution in [0.2, 0.25) is 0 Å². The van der Waals surface area contributed by atoms with Gasteiger partial charge in [-0.15, -0.1) is 0 Å². The molecule has 13 heteroatoms. The summed E-state index contributed by atoms with van der Waals surface area (Å²) in [6.07, 6.45) is -5.53. The van der Waals surface area contributed by atoms with E-state index in [9.17, 15) is 39.2 Å². The zero-order valence-electron chi connectivity index (χ0n) is 16.5. The molecule has 4 rings (SSSR count). The van der Waals surface area contributed by atoms with Crippen molar-refractivity contribution in [1.82, 2.24) is 0 Å². The molecule has 4 bridgehead atoms. The summed E-state index contributed by atoms with van der Waals surface area (Å²) in [6.45, 7) is 0.165. The van der Waals surface area contributed by atoms with E-state index >= 15 is 0 Å². The Hall–Kier alpha value is -0.660. The average Bonchev–Trinajstić information content (AvgIpc) is 2.58. The van der Waals surface area contributed by atoms with Gasteiger partial charge in [-0.2, -0.15) is 26.0 Å². The van der Waals surface area contributed by atoms with Crippen molar-refractivity contribution < 1.29 is 53.2 Å². The SMILES string of the molecule is O=S(=O)(O)C(F)(F)C(F)(F)OC(F)C(F)(F)CCCOCC12CC3CC(CC(C3)C1)C2. The Morgan fingerprint density at radius 1 is 0.968 bits per heavy atom. The number of halogens is 7. The molecule has 0 aromatic rings. The number of hydrogen-bond acceptors (Lipinski definition) is 4. The highest BCUT2D eigenvalue weighted by atomic mass is 32.2. The second kappa shape index (κ2) is 8.28. The molecule has 0 aromatic heterocycles. The van der Waals surface area contributed by atoms with E-state index in [1.807, 2.05) is 0 Å². The molecule has 182 valence electrons. The maximum absolute atomic E-state index is 13.7. The summed E-state index contributed by atoms with van der Waals surface area (Å²) in [4.78, 5) is 0. The van der Waals surface area contributed by atoms with Crippen LogP contribution < -0.4 is 0 Å². The van der Waals surface area contributed by atoms with Gasteiger partial charge in [-0.05, 0) is 68.1 Å². The lowest BCUT2D eigenvalue weighted by Gasteiger charge is -2.56. The highest BCUT2D eigenvalue weighted by Gasteiger charge is 2.69. The number of rotatable bonds is 11. The zero-order chi connectivity index (χ0) is 23.3. The fourth-order valence-electron chi connectivity index (χ4n) is 5.71. The number of hydrogen-bond donors (Lipinski definition) is 1. The van der Waals surface area contributed by atoms with E-state index in [1.165, 1.54) is 19.3 Å². The highest BCUT2D eigenvalue weighted by Crippen LogP contribution is 2.60. The molecule has 1 atom stereocenters. The van der Waals surface area contributed by atoms with Gasteiger partial charge < -0.3 is 4.74 Å². The molecule has 0 aromatic carbocycles. The Morgan fingerprint density at radius 3 is 1.90 bits per heavy atom. The van der Waals surface area contributed by atoms with Crippen LogP contribution in [0.15, 0.2) is 0 Å². The molecule has 4 aliphatic rings. The molecule has 1 N–H and O–H groups in total. The molecule has 4 fully saturated rings. The smallest absolute Gasteiger partial charge is 0.381 e. The van der Waals surface area contributed by atoms with E-state index in [-0.39, 0.29) is 12.0 Å². The van der Waals surface area contributed by atoms with Crippen molar-refractivity contribution in [1.29, 1.82) is 0 Å². The van der Waals surface area contributed by atoms with Gasteiger partial charge in [-0.25, -0.2) is 13.2 Å². The lowest BCUT2D eigenvalue weighted by atomic mass is 9.50. The van der Waals surface area contributed by atoms with E-state index < -0.39 is 46.6 Å². The molecular formula is C18H25F7O5S. The van der Waals surface area contributed by atoms with Crippen LogP contribution >= 0.6 is 0 Å². The molecule has 4 aliphatic carbocycles. The summed E-state index contributed by atoms with van der Waals surface area (Å²) in [5.74, 6) is -2.63. The van der Waals surface area contributed by atoms with Crippen molar-refractivity contribution in [3.63, 3.8) is 0 Å². The van der Waals surface area contributed by atoms with Crippen LogP contribution in [-0.4, -0.2) is 49.8 Å². The molecule has 0 heterocycles. The molecule has 31 heavy (non-hydrogen) atoms. The molecular weight excluding hydrogens is 461 g/mol. The minimum Gasteiger partial charge on any atom is -0.381 e. The van der Waals surface area contributed by atoms with Gasteiger partial charge in [0.1, 0.15) is 0 Å². The third-order valence-corrected chi connectivity index (χ3v) is 7.50. The lowest BCUT2D eigenvalue weighted by Crippen LogP contribution is -2.52. The predicted octanol–water partition coefficient (Wildman–Crippen LogP) is 5.02. The normalized spacial score (nSPS) is 32.5. The van der Waals surface area contributed by atoms with E-state index in [0.717, 1.165) is 19.3 Å².